The molecule has 0 aliphatic carbocycles. The molecule has 0 spiro atoms. The number of fused-ring (bicyclic) bond motifs is 2. The average molecular weight is 365 g/mol. The molecular formula is C22H17ClO3. The molecule has 26 heavy (non-hydrogen) atoms. The Hall–Kier alpha value is -2.78. The molecule has 1 aliphatic heterocycles. The lowest BCUT2D eigenvalue weighted by atomic mass is 9.88. The van der Waals surface area contributed by atoms with Gasteiger partial charge in [0.1, 0.15) is 23.5 Å². The first-order chi connectivity index (χ1) is 12.6. The maximum atomic E-state index is 13.1. The molecule has 0 aromatic heterocycles. The van der Waals surface area contributed by atoms with Crippen LogP contribution in [0, 0.1) is 0 Å². The number of para-hydroxylation sites is 2. The lowest BCUT2D eigenvalue weighted by Gasteiger charge is -2.28. The highest BCUT2D eigenvalue weighted by Gasteiger charge is 2.34. The van der Waals surface area contributed by atoms with E-state index in [1.807, 2.05) is 73.7 Å². The standard InChI is InChI=1S/C22H17ClO3/c1-14(15-8-2-5-11-18(15)23)25-22(24)21-16-9-3-6-12-19(16)26-20-13-7-4-10-17(20)21/h2-14,21H,1H3/t14-/m1/s1. The first-order valence-corrected chi connectivity index (χ1v) is 8.83. The second-order valence-corrected chi connectivity index (χ2v) is 6.62. The Kier molecular flexibility index (Phi) is 4.39. The van der Waals surface area contributed by atoms with Gasteiger partial charge >= 0.3 is 5.97 Å². The summed E-state index contributed by atoms with van der Waals surface area (Å²) in [4.78, 5) is 13.1. The quantitative estimate of drug-likeness (QED) is 0.544. The highest BCUT2D eigenvalue weighted by molar-refractivity contribution is 6.31. The molecule has 0 N–H and O–H groups in total. The van der Waals surface area contributed by atoms with E-state index in [2.05, 4.69) is 0 Å². The van der Waals surface area contributed by atoms with E-state index in [0.29, 0.717) is 16.5 Å². The van der Waals surface area contributed by atoms with Gasteiger partial charge in [-0.05, 0) is 25.1 Å². The minimum Gasteiger partial charge on any atom is -0.457 e. The normalized spacial score (nSPS) is 13.9. The number of carbonyl (C=O) groups is 1. The number of hydrogen-bond acceptors (Lipinski definition) is 3. The van der Waals surface area contributed by atoms with Crippen molar-refractivity contribution in [1.82, 2.24) is 0 Å². The van der Waals surface area contributed by atoms with Crippen molar-refractivity contribution < 1.29 is 14.3 Å². The van der Waals surface area contributed by atoms with Crippen molar-refractivity contribution in [3.63, 3.8) is 0 Å². The van der Waals surface area contributed by atoms with Crippen LogP contribution in [0.25, 0.3) is 0 Å². The summed E-state index contributed by atoms with van der Waals surface area (Å²) >= 11 is 6.24. The van der Waals surface area contributed by atoms with E-state index in [0.717, 1.165) is 16.7 Å². The molecule has 130 valence electrons. The topological polar surface area (TPSA) is 35.5 Å². The van der Waals surface area contributed by atoms with Crippen LogP contribution in [0.15, 0.2) is 72.8 Å². The first kappa shape index (κ1) is 16.7. The molecule has 1 aliphatic rings. The van der Waals surface area contributed by atoms with Crippen LogP contribution >= 0.6 is 11.6 Å². The zero-order valence-corrected chi connectivity index (χ0v) is 14.9. The lowest BCUT2D eigenvalue weighted by molar-refractivity contribution is -0.149. The Labute approximate surface area is 157 Å². The highest BCUT2D eigenvalue weighted by Crippen LogP contribution is 2.45. The van der Waals surface area contributed by atoms with Gasteiger partial charge in [-0.15, -0.1) is 0 Å². The fraction of sp³-hybridized carbons (Fsp3) is 0.136. The largest absolute Gasteiger partial charge is 0.457 e. The molecule has 1 heterocycles. The number of carbonyl (C=O) groups excluding carboxylic acids is 1. The van der Waals surface area contributed by atoms with E-state index in [1.54, 1.807) is 6.07 Å². The molecule has 0 saturated carbocycles. The maximum absolute atomic E-state index is 13.1. The van der Waals surface area contributed by atoms with Gasteiger partial charge in [-0.25, -0.2) is 0 Å². The van der Waals surface area contributed by atoms with Crippen molar-refractivity contribution in [3.8, 4) is 11.5 Å². The Morgan fingerprint density at radius 3 is 2.08 bits per heavy atom. The molecule has 0 amide bonds. The van der Waals surface area contributed by atoms with Crippen LogP contribution in [-0.4, -0.2) is 5.97 Å². The summed E-state index contributed by atoms with van der Waals surface area (Å²) in [5.74, 6) is 0.513. The second-order valence-electron chi connectivity index (χ2n) is 6.21. The molecular weight excluding hydrogens is 348 g/mol. The van der Waals surface area contributed by atoms with Gasteiger partial charge in [-0.2, -0.15) is 0 Å². The van der Waals surface area contributed by atoms with E-state index < -0.39 is 12.0 Å². The van der Waals surface area contributed by atoms with Gasteiger partial charge < -0.3 is 9.47 Å². The summed E-state index contributed by atoms with van der Waals surface area (Å²) in [6, 6.07) is 22.5. The molecule has 3 aromatic carbocycles. The van der Waals surface area contributed by atoms with E-state index in [9.17, 15) is 4.79 Å². The maximum Gasteiger partial charge on any atom is 0.318 e. The summed E-state index contributed by atoms with van der Waals surface area (Å²) in [5, 5.41) is 0.584. The molecule has 3 nitrogen and oxygen atoms in total. The fourth-order valence-electron chi connectivity index (χ4n) is 3.27. The predicted octanol–water partition coefficient (Wildman–Crippen LogP) is 5.88. The van der Waals surface area contributed by atoms with Gasteiger partial charge in [0.15, 0.2) is 0 Å². The molecule has 1 atom stereocenters. The van der Waals surface area contributed by atoms with Crippen LogP contribution in [-0.2, 0) is 9.53 Å². The van der Waals surface area contributed by atoms with Crippen molar-refractivity contribution in [2.24, 2.45) is 0 Å². The molecule has 0 saturated heterocycles. The van der Waals surface area contributed by atoms with Crippen molar-refractivity contribution in [2.75, 3.05) is 0 Å². The van der Waals surface area contributed by atoms with Crippen LogP contribution < -0.4 is 4.74 Å². The molecule has 4 rings (SSSR count). The van der Waals surface area contributed by atoms with Crippen LogP contribution in [0.5, 0.6) is 11.5 Å². The Bertz CT molecular complexity index is 921. The zero-order chi connectivity index (χ0) is 18.1. The zero-order valence-electron chi connectivity index (χ0n) is 14.2. The Morgan fingerprint density at radius 1 is 0.923 bits per heavy atom. The monoisotopic (exact) mass is 364 g/mol. The summed E-state index contributed by atoms with van der Waals surface area (Å²) in [7, 11) is 0. The third-order valence-corrected chi connectivity index (χ3v) is 4.90. The summed E-state index contributed by atoms with van der Waals surface area (Å²) in [5.41, 5.74) is 2.40. The molecule has 0 fully saturated rings. The van der Waals surface area contributed by atoms with Gasteiger partial charge in [0.25, 0.3) is 0 Å². The van der Waals surface area contributed by atoms with E-state index in [-0.39, 0.29) is 5.97 Å². The fourth-order valence-corrected chi connectivity index (χ4v) is 3.56. The number of esters is 1. The first-order valence-electron chi connectivity index (χ1n) is 8.46. The highest BCUT2D eigenvalue weighted by atomic mass is 35.5. The number of hydrogen-bond donors (Lipinski definition) is 0. The van der Waals surface area contributed by atoms with Crippen LogP contribution in [0.1, 0.15) is 35.6 Å². The Morgan fingerprint density at radius 2 is 1.46 bits per heavy atom. The van der Waals surface area contributed by atoms with Gasteiger partial charge in [0.2, 0.25) is 0 Å². The second kappa shape index (κ2) is 6.85. The van der Waals surface area contributed by atoms with E-state index in [1.165, 1.54) is 0 Å². The average Bonchev–Trinajstić information content (AvgIpc) is 2.66. The van der Waals surface area contributed by atoms with Crippen LogP contribution in [0.2, 0.25) is 5.02 Å². The summed E-state index contributed by atoms with van der Waals surface area (Å²) in [6.45, 7) is 1.83. The SMILES string of the molecule is C[C@@H](OC(=O)C1c2ccccc2Oc2ccccc21)c1ccccc1Cl. The van der Waals surface area contributed by atoms with Crippen LogP contribution in [0.4, 0.5) is 0 Å². The summed E-state index contributed by atoms with van der Waals surface area (Å²) < 4.78 is 11.7. The van der Waals surface area contributed by atoms with Gasteiger partial charge in [0, 0.05) is 21.7 Å². The van der Waals surface area contributed by atoms with E-state index in [4.69, 9.17) is 21.1 Å². The van der Waals surface area contributed by atoms with Crippen molar-refractivity contribution in [3.05, 3.63) is 94.5 Å². The van der Waals surface area contributed by atoms with Gasteiger partial charge in [-0.3, -0.25) is 4.79 Å². The third kappa shape index (κ3) is 2.95. The molecule has 3 aromatic rings. The van der Waals surface area contributed by atoms with Crippen molar-refractivity contribution >= 4 is 17.6 Å². The molecule has 0 bridgehead atoms. The van der Waals surface area contributed by atoms with Gasteiger partial charge in [0.05, 0.1) is 0 Å². The number of ether oxygens (including phenoxy) is 2. The van der Waals surface area contributed by atoms with Crippen LogP contribution in [0.3, 0.4) is 0 Å². The molecule has 0 unspecified atom stereocenters. The minimum atomic E-state index is -0.527. The minimum absolute atomic E-state index is 0.319. The van der Waals surface area contributed by atoms with Crippen molar-refractivity contribution in [1.29, 1.82) is 0 Å². The molecule has 4 heteroatoms. The van der Waals surface area contributed by atoms with Gasteiger partial charge in [-0.1, -0.05) is 66.2 Å². The third-order valence-electron chi connectivity index (χ3n) is 4.55. The number of benzene rings is 3. The smallest absolute Gasteiger partial charge is 0.318 e. The Balaban J connectivity index is 1.69. The van der Waals surface area contributed by atoms with Crippen molar-refractivity contribution in [2.45, 2.75) is 18.9 Å². The summed E-state index contributed by atoms with van der Waals surface area (Å²) in [6.07, 6.45) is -0.446. The van der Waals surface area contributed by atoms with E-state index >= 15 is 0 Å². The number of rotatable bonds is 3. The number of halogens is 1. The lowest BCUT2D eigenvalue weighted by Crippen LogP contribution is -2.22. The molecule has 0 radical (unpaired) electrons. The predicted molar refractivity (Wildman–Crippen MR) is 101 cm³/mol.